The van der Waals surface area contributed by atoms with Gasteiger partial charge >= 0.3 is 0 Å². The van der Waals surface area contributed by atoms with Gasteiger partial charge in [-0.3, -0.25) is 0 Å². The highest BCUT2D eigenvalue weighted by atomic mass is 35.5. The summed E-state index contributed by atoms with van der Waals surface area (Å²) in [4.78, 5) is 1.36. The molecule has 0 bridgehead atoms. The zero-order valence-electron chi connectivity index (χ0n) is 11.0. The second-order valence-corrected chi connectivity index (χ2v) is 7.21. The van der Waals surface area contributed by atoms with Crippen LogP contribution in [0.25, 0.3) is 0 Å². The summed E-state index contributed by atoms with van der Waals surface area (Å²) in [6.07, 6.45) is 1.94. The lowest BCUT2D eigenvalue weighted by atomic mass is 10.3. The lowest BCUT2D eigenvalue weighted by molar-refractivity contribution is 0.310. The highest BCUT2D eigenvalue weighted by Gasteiger charge is 2.28. The molecule has 0 saturated carbocycles. The quantitative estimate of drug-likeness (QED) is 0.862. The van der Waals surface area contributed by atoms with E-state index in [0.29, 0.717) is 24.5 Å². The molecule has 2 rings (SSSR count). The van der Waals surface area contributed by atoms with Crippen LogP contribution in [0.3, 0.4) is 0 Å². The lowest BCUT2D eigenvalue weighted by Gasteiger charge is -2.31. The lowest BCUT2D eigenvalue weighted by Crippen LogP contribution is -2.51. The third-order valence-electron chi connectivity index (χ3n) is 3.01. The fraction of sp³-hybridized carbons (Fsp3) is 0.500. The number of nitrogens with one attached hydrogen (secondary N) is 1. The summed E-state index contributed by atoms with van der Waals surface area (Å²) >= 11 is 1.55. The summed E-state index contributed by atoms with van der Waals surface area (Å²) in [5, 5.41) is 3.25. The van der Waals surface area contributed by atoms with Crippen LogP contribution in [0.4, 0.5) is 0 Å². The highest BCUT2D eigenvalue weighted by Crippen LogP contribution is 2.22. The van der Waals surface area contributed by atoms with Gasteiger partial charge < -0.3 is 5.32 Å². The van der Waals surface area contributed by atoms with Gasteiger partial charge in [0.25, 0.3) is 0 Å². The largest absolute Gasteiger partial charge is 0.312 e. The van der Waals surface area contributed by atoms with Gasteiger partial charge in [-0.1, -0.05) is 6.07 Å². The normalized spacial score (nSPS) is 20.8. The van der Waals surface area contributed by atoms with Gasteiger partial charge in [-0.15, -0.1) is 24.2 Å². The van der Waals surface area contributed by atoms with E-state index in [-0.39, 0.29) is 18.4 Å². The first kappa shape index (κ1) is 16.8. The molecule has 1 N–H and O–H groups in total. The predicted molar refractivity (Wildman–Crippen MR) is 81.7 cm³/mol. The molecule has 0 amide bonds. The minimum Gasteiger partial charge on any atom is -0.312 e. The van der Waals surface area contributed by atoms with Gasteiger partial charge in [-0.2, -0.15) is 4.31 Å². The highest BCUT2D eigenvalue weighted by molar-refractivity contribution is 7.98. The molecule has 1 saturated heterocycles. The number of thioether (sulfide) groups is 1. The summed E-state index contributed by atoms with van der Waals surface area (Å²) in [5.74, 6) is 0. The van der Waals surface area contributed by atoms with Crippen LogP contribution in [0.15, 0.2) is 34.1 Å². The molecule has 4 nitrogen and oxygen atoms in total. The summed E-state index contributed by atoms with van der Waals surface area (Å²) in [6, 6.07) is 7.33. The molecule has 1 aliphatic rings. The fourth-order valence-corrected chi connectivity index (χ4v) is 4.14. The maximum atomic E-state index is 12.5. The molecule has 1 atom stereocenters. The van der Waals surface area contributed by atoms with Gasteiger partial charge in [0.15, 0.2) is 0 Å². The van der Waals surface area contributed by atoms with E-state index in [4.69, 9.17) is 0 Å². The van der Waals surface area contributed by atoms with Crippen molar-refractivity contribution in [3.05, 3.63) is 24.3 Å². The van der Waals surface area contributed by atoms with Gasteiger partial charge in [0.2, 0.25) is 10.0 Å². The molecule has 0 aromatic heterocycles. The standard InChI is InChI=1S/C12H18N2O2S2.ClH/c1-10-9-14(7-6-13-10)18(15,16)12-5-3-4-11(8-12)17-2;/h3-5,8,10,13H,6-7,9H2,1-2H3;1H/t10-;/m1./s1. The SMILES string of the molecule is CSc1cccc(S(=O)(=O)N2CCN[C@H](C)C2)c1.Cl. The Labute approximate surface area is 125 Å². The molecule has 1 heterocycles. The predicted octanol–water partition coefficient (Wildman–Crippen LogP) is 1.81. The Bertz CT molecular complexity index is 522. The Morgan fingerprint density at radius 3 is 2.79 bits per heavy atom. The Kier molecular flexibility index (Phi) is 6.14. The number of nitrogens with zero attached hydrogens (tertiary/aromatic N) is 1. The Morgan fingerprint density at radius 2 is 2.16 bits per heavy atom. The molecule has 0 aliphatic carbocycles. The molecule has 19 heavy (non-hydrogen) atoms. The van der Waals surface area contributed by atoms with Gasteiger partial charge in [0.1, 0.15) is 0 Å². The number of rotatable bonds is 3. The van der Waals surface area contributed by atoms with Crippen LogP contribution >= 0.6 is 24.2 Å². The average molecular weight is 323 g/mol. The van der Waals surface area contributed by atoms with Gasteiger partial charge in [-0.05, 0) is 31.4 Å². The van der Waals surface area contributed by atoms with Crippen LogP contribution in [0.1, 0.15) is 6.92 Å². The first-order valence-electron chi connectivity index (χ1n) is 5.91. The van der Waals surface area contributed by atoms with Gasteiger partial charge in [0, 0.05) is 30.6 Å². The van der Waals surface area contributed by atoms with E-state index < -0.39 is 10.0 Å². The number of sulfonamides is 1. The second-order valence-electron chi connectivity index (χ2n) is 4.40. The van der Waals surface area contributed by atoms with Crippen LogP contribution in [0, 0.1) is 0 Å². The topological polar surface area (TPSA) is 49.4 Å². The minimum absolute atomic E-state index is 0. The maximum Gasteiger partial charge on any atom is 0.243 e. The minimum atomic E-state index is -3.35. The van der Waals surface area contributed by atoms with E-state index in [1.807, 2.05) is 19.2 Å². The van der Waals surface area contributed by atoms with Gasteiger partial charge in [0.05, 0.1) is 4.90 Å². The zero-order valence-corrected chi connectivity index (χ0v) is 13.4. The molecular weight excluding hydrogens is 304 g/mol. The van der Waals surface area contributed by atoms with Gasteiger partial charge in [-0.25, -0.2) is 8.42 Å². The fourth-order valence-electron chi connectivity index (χ4n) is 2.03. The summed E-state index contributed by atoms with van der Waals surface area (Å²) < 4.78 is 26.5. The Morgan fingerprint density at radius 1 is 1.42 bits per heavy atom. The average Bonchev–Trinajstić information content (AvgIpc) is 2.39. The van der Waals surface area contributed by atoms with Crippen molar-refractivity contribution in [3.8, 4) is 0 Å². The molecule has 0 radical (unpaired) electrons. The number of hydrogen-bond donors (Lipinski definition) is 1. The molecule has 0 unspecified atom stereocenters. The zero-order chi connectivity index (χ0) is 13.2. The van der Waals surface area contributed by atoms with Crippen molar-refractivity contribution >= 4 is 34.2 Å². The van der Waals surface area contributed by atoms with Crippen molar-refractivity contribution < 1.29 is 8.42 Å². The van der Waals surface area contributed by atoms with Crippen molar-refractivity contribution in [1.82, 2.24) is 9.62 Å². The number of halogens is 1. The van der Waals surface area contributed by atoms with E-state index in [0.717, 1.165) is 4.90 Å². The van der Waals surface area contributed by atoms with Crippen LogP contribution in [-0.2, 0) is 10.0 Å². The second kappa shape index (κ2) is 6.95. The molecule has 0 spiro atoms. The third-order valence-corrected chi connectivity index (χ3v) is 5.60. The summed E-state index contributed by atoms with van der Waals surface area (Å²) in [5.41, 5.74) is 0. The van der Waals surface area contributed by atoms with E-state index in [1.54, 1.807) is 34.3 Å². The van der Waals surface area contributed by atoms with Crippen molar-refractivity contribution in [3.63, 3.8) is 0 Å². The first-order valence-corrected chi connectivity index (χ1v) is 8.58. The van der Waals surface area contributed by atoms with E-state index in [9.17, 15) is 8.42 Å². The molecule has 108 valence electrons. The van der Waals surface area contributed by atoms with E-state index >= 15 is 0 Å². The van der Waals surface area contributed by atoms with Crippen LogP contribution in [0.2, 0.25) is 0 Å². The van der Waals surface area contributed by atoms with Crippen LogP contribution in [0.5, 0.6) is 0 Å². The van der Waals surface area contributed by atoms with Crippen molar-refractivity contribution in [2.45, 2.75) is 22.8 Å². The monoisotopic (exact) mass is 322 g/mol. The van der Waals surface area contributed by atoms with Crippen LogP contribution < -0.4 is 5.32 Å². The van der Waals surface area contributed by atoms with Crippen molar-refractivity contribution in [1.29, 1.82) is 0 Å². The molecule has 1 aromatic carbocycles. The van der Waals surface area contributed by atoms with Crippen LogP contribution in [-0.4, -0.2) is 44.7 Å². The number of benzene rings is 1. The van der Waals surface area contributed by atoms with Crippen molar-refractivity contribution in [2.75, 3.05) is 25.9 Å². The molecule has 7 heteroatoms. The molecule has 1 aromatic rings. The number of hydrogen-bond acceptors (Lipinski definition) is 4. The van der Waals surface area contributed by atoms with E-state index in [1.165, 1.54) is 0 Å². The first-order chi connectivity index (χ1) is 8.54. The molecule has 1 fully saturated rings. The number of piperazine rings is 1. The maximum absolute atomic E-state index is 12.5. The third kappa shape index (κ3) is 3.86. The van der Waals surface area contributed by atoms with E-state index in [2.05, 4.69) is 5.32 Å². The molecule has 1 aliphatic heterocycles. The Balaban J connectivity index is 0.00000180. The smallest absolute Gasteiger partial charge is 0.243 e. The Hall–Kier alpha value is -0.270. The summed E-state index contributed by atoms with van der Waals surface area (Å²) in [6.45, 7) is 3.78. The molecular formula is C12H19ClN2O2S2. The van der Waals surface area contributed by atoms with Crippen molar-refractivity contribution in [2.24, 2.45) is 0 Å². The summed E-state index contributed by atoms with van der Waals surface area (Å²) in [7, 11) is -3.35.